The van der Waals surface area contributed by atoms with Crippen molar-refractivity contribution in [1.82, 2.24) is 9.88 Å². The van der Waals surface area contributed by atoms with Crippen molar-refractivity contribution in [2.24, 2.45) is 0 Å². The predicted octanol–water partition coefficient (Wildman–Crippen LogP) is 4.32. The minimum Gasteiger partial charge on any atom is -0.362 e. The molecular formula is C19H17ClN4O3S2. The van der Waals surface area contributed by atoms with Gasteiger partial charge >= 0.3 is 0 Å². The third-order valence-electron chi connectivity index (χ3n) is 4.72. The summed E-state index contributed by atoms with van der Waals surface area (Å²) < 4.78 is 0. The summed E-state index contributed by atoms with van der Waals surface area (Å²) in [5.74, 6) is 0.0262. The third kappa shape index (κ3) is 4.42. The van der Waals surface area contributed by atoms with E-state index in [1.165, 1.54) is 6.07 Å². The molecule has 0 aliphatic carbocycles. The second-order valence-electron chi connectivity index (χ2n) is 6.56. The third-order valence-corrected chi connectivity index (χ3v) is 6.89. The van der Waals surface area contributed by atoms with Crippen LogP contribution in [0.2, 0.25) is 5.02 Å². The first-order valence-corrected chi connectivity index (χ1v) is 11.1. The Labute approximate surface area is 180 Å². The van der Waals surface area contributed by atoms with Crippen molar-refractivity contribution in [3.8, 4) is 9.88 Å². The van der Waals surface area contributed by atoms with Gasteiger partial charge in [0.05, 0.1) is 21.9 Å². The molecule has 4 rings (SSSR count). The Bertz CT molecular complexity index is 1030. The van der Waals surface area contributed by atoms with Gasteiger partial charge in [-0.3, -0.25) is 14.9 Å². The van der Waals surface area contributed by atoms with E-state index in [1.807, 2.05) is 27.8 Å². The van der Waals surface area contributed by atoms with Gasteiger partial charge in [0.2, 0.25) is 5.91 Å². The number of nitro benzene ring substituents is 1. The lowest BCUT2D eigenvalue weighted by atomic mass is 10.2. The molecule has 0 saturated carbocycles. The van der Waals surface area contributed by atoms with Crippen LogP contribution in [0.15, 0.2) is 41.1 Å². The van der Waals surface area contributed by atoms with Crippen molar-refractivity contribution in [2.45, 2.75) is 6.42 Å². The highest BCUT2D eigenvalue weighted by Crippen LogP contribution is 2.32. The van der Waals surface area contributed by atoms with Gasteiger partial charge < -0.3 is 9.80 Å². The number of carbonyl (C=O) groups is 1. The number of halogens is 1. The number of nitrogens with zero attached hydrogens (tertiary/aromatic N) is 4. The first-order chi connectivity index (χ1) is 14.0. The van der Waals surface area contributed by atoms with E-state index in [-0.39, 0.29) is 18.0 Å². The number of benzene rings is 1. The van der Waals surface area contributed by atoms with Crippen LogP contribution in [0.4, 0.5) is 11.4 Å². The standard InChI is InChI=1S/C19H17ClN4O3S2/c20-13-3-4-15(16(10-13)24(26)27)22-5-7-23(8-6-22)18(25)11-14-12-29-19(21-14)17-2-1-9-28-17/h1-4,9-10,12H,5-8,11H2. The fraction of sp³-hybridized carbons (Fsp3) is 0.263. The fourth-order valence-corrected chi connectivity index (χ4v) is 5.08. The molecule has 1 fully saturated rings. The van der Waals surface area contributed by atoms with E-state index in [2.05, 4.69) is 4.98 Å². The largest absolute Gasteiger partial charge is 0.362 e. The summed E-state index contributed by atoms with van der Waals surface area (Å²) in [5, 5.41) is 16.5. The summed E-state index contributed by atoms with van der Waals surface area (Å²) in [6, 6.07) is 8.68. The number of piperazine rings is 1. The summed E-state index contributed by atoms with van der Waals surface area (Å²) in [6.07, 6.45) is 0.267. The summed E-state index contributed by atoms with van der Waals surface area (Å²) in [4.78, 5) is 33.0. The number of nitro groups is 1. The molecular weight excluding hydrogens is 432 g/mol. The Hall–Kier alpha value is -2.49. The summed E-state index contributed by atoms with van der Waals surface area (Å²) in [5.41, 5.74) is 1.30. The van der Waals surface area contributed by atoms with Crippen molar-refractivity contribution in [3.63, 3.8) is 0 Å². The smallest absolute Gasteiger partial charge is 0.294 e. The van der Waals surface area contributed by atoms with Gasteiger partial charge in [-0.15, -0.1) is 22.7 Å². The van der Waals surface area contributed by atoms with Crippen LogP contribution >= 0.6 is 34.3 Å². The first kappa shape index (κ1) is 19.8. The minimum atomic E-state index is -0.424. The van der Waals surface area contributed by atoms with Gasteiger partial charge in [0.15, 0.2) is 0 Å². The summed E-state index contributed by atoms with van der Waals surface area (Å²) in [7, 11) is 0. The topological polar surface area (TPSA) is 79.6 Å². The zero-order chi connectivity index (χ0) is 20.4. The number of amides is 1. The highest BCUT2D eigenvalue weighted by Gasteiger charge is 2.26. The molecule has 2 aromatic heterocycles. The molecule has 0 radical (unpaired) electrons. The molecule has 1 amide bonds. The molecule has 1 aliphatic rings. The molecule has 150 valence electrons. The molecule has 1 aliphatic heterocycles. The Kier molecular flexibility index (Phi) is 5.79. The summed E-state index contributed by atoms with van der Waals surface area (Å²) in [6.45, 7) is 2.10. The molecule has 0 N–H and O–H groups in total. The van der Waals surface area contributed by atoms with Gasteiger partial charge in [0.25, 0.3) is 5.69 Å². The molecule has 0 unspecified atom stereocenters. The zero-order valence-corrected chi connectivity index (χ0v) is 17.7. The molecule has 3 heterocycles. The second-order valence-corrected chi connectivity index (χ2v) is 8.80. The number of thiazole rings is 1. The van der Waals surface area contributed by atoms with Gasteiger partial charge in [-0.1, -0.05) is 17.7 Å². The van der Waals surface area contributed by atoms with E-state index in [4.69, 9.17) is 11.6 Å². The number of hydrogen-bond donors (Lipinski definition) is 0. The van der Waals surface area contributed by atoms with Crippen molar-refractivity contribution in [3.05, 3.63) is 61.9 Å². The van der Waals surface area contributed by atoms with Crippen molar-refractivity contribution in [1.29, 1.82) is 0 Å². The predicted molar refractivity (Wildman–Crippen MR) is 116 cm³/mol. The van der Waals surface area contributed by atoms with E-state index < -0.39 is 4.92 Å². The van der Waals surface area contributed by atoms with Crippen molar-refractivity contribution < 1.29 is 9.72 Å². The number of aromatic nitrogens is 1. The maximum atomic E-state index is 12.7. The molecule has 0 atom stereocenters. The molecule has 0 spiro atoms. The van der Waals surface area contributed by atoms with Gasteiger partial charge in [-0.2, -0.15) is 0 Å². The van der Waals surface area contributed by atoms with Crippen LogP contribution in [-0.4, -0.2) is 46.9 Å². The minimum absolute atomic E-state index is 0.0131. The SMILES string of the molecule is O=C(Cc1csc(-c2cccs2)n1)N1CCN(c2ccc(Cl)cc2[N+](=O)[O-])CC1. The first-order valence-electron chi connectivity index (χ1n) is 8.96. The van der Waals surface area contributed by atoms with Gasteiger partial charge in [0.1, 0.15) is 10.7 Å². The molecule has 7 nitrogen and oxygen atoms in total. The molecule has 3 aromatic rings. The molecule has 29 heavy (non-hydrogen) atoms. The number of hydrogen-bond acceptors (Lipinski definition) is 7. The molecule has 0 bridgehead atoms. The lowest BCUT2D eigenvalue weighted by Gasteiger charge is -2.35. The van der Waals surface area contributed by atoms with Crippen LogP contribution in [0.25, 0.3) is 9.88 Å². The fourth-order valence-electron chi connectivity index (χ4n) is 3.28. The summed E-state index contributed by atoms with van der Waals surface area (Å²) >= 11 is 9.07. The molecule has 1 aromatic carbocycles. The van der Waals surface area contributed by atoms with Crippen LogP contribution < -0.4 is 4.90 Å². The van der Waals surface area contributed by atoms with E-state index in [0.717, 1.165) is 15.6 Å². The van der Waals surface area contributed by atoms with Crippen LogP contribution in [0.3, 0.4) is 0 Å². The van der Waals surface area contributed by atoms with Gasteiger partial charge in [0, 0.05) is 42.6 Å². The zero-order valence-electron chi connectivity index (χ0n) is 15.3. The number of carbonyl (C=O) groups excluding carboxylic acids is 1. The maximum Gasteiger partial charge on any atom is 0.294 e. The lowest BCUT2D eigenvalue weighted by Crippen LogP contribution is -2.49. The Morgan fingerprint density at radius 3 is 2.69 bits per heavy atom. The lowest BCUT2D eigenvalue weighted by molar-refractivity contribution is -0.384. The quantitative estimate of drug-likeness (QED) is 0.429. The highest BCUT2D eigenvalue weighted by molar-refractivity contribution is 7.20. The average molecular weight is 449 g/mol. The van der Waals surface area contributed by atoms with E-state index >= 15 is 0 Å². The number of thiophene rings is 1. The van der Waals surface area contributed by atoms with Gasteiger partial charge in [-0.25, -0.2) is 4.98 Å². The normalized spacial score (nSPS) is 14.2. The Morgan fingerprint density at radius 2 is 2.00 bits per heavy atom. The second kappa shape index (κ2) is 8.48. The average Bonchev–Trinajstić information content (AvgIpc) is 3.40. The monoisotopic (exact) mass is 448 g/mol. The number of anilines is 1. The van der Waals surface area contributed by atoms with Gasteiger partial charge in [-0.05, 0) is 23.6 Å². The maximum absolute atomic E-state index is 12.7. The molecule has 10 heteroatoms. The van der Waals surface area contributed by atoms with Crippen LogP contribution in [0.1, 0.15) is 5.69 Å². The Balaban J connectivity index is 1.37. The van der Waals surface area contributed by atoms with Crippen LogP contribution in [0.5, 0.6) is 0 Å². The van der Waals surface area contributed by atoms with E-state index in [9.17, 15) is 14.9 Å². The van der Waals surface area contributed by atoms with Crippen LogP contribution in [0, 0.1) is 10.1 Å². The van der Waals surface area contributed by atoms with E-state index in [1.54, 1.807) is 39.7 Å². The number of rotatable bonds is 5. The highest BCUT2D eigenvalue weighted by atomic mass is 35.5. The van der Waals surface area contributed by atoms with Crippen LogP contribution in [-0.2, 0) is 11.2 Å². The van der Waals surface area contributed by atoms with Crippen molar-refractivity contribution in [2.75, 3.05) is 31.1 Å². The molecule has 1 saturated heterocycles. The Morgan fingerprint density at radius 1 is 1.21 bits per heavy atom. The van der Waals surface area contributed by atoms with Crippen molar-refractivity contribution >= 4 is 51.6 Å². The van der Waals surface area contributed by atoms with E-state index in [0.29, 0.717) is 36.9 Å².